The lowest BCUT2D eigenvalue weighted by Gasteiger charge is -2.04. The SMILES string of the molecule is Cc1c(-c2nn(-c3ccccc3)cc2C=O)cnn1-c1ccccc1. The molecule has 4 aromatic rings. The fraction of sp³-hybridized carbons (Fsp3) is 0.0500. The lowest BCUT2D eigenvalue weighted by atomic mass is 10.1. The zero-order valence-electron chi connectivity index (χ0n) is 13.7. The van der Waals surface area contributed by atoms with Gasteiger partial charge in [0, 0.05) is 11.8 Å². The van der Waals surface area contributed by atoms with Crippen LogP contribution >= 0.6 is 0 Å². The van der Waals surface area contributed by atoms with Gasteiger partial charge in [-0.25, -0.2) is 9.36 Å². The molecule has 5 nitrogen and oxygen atoms in total. The van der Waals surface area contributed by atoms with Gasteiger partial charge in [-0.1, -0.05) is 36.4 Å². The Morgan fingerprint density at radius 3 is 2.20 bits per heavy atom. The van der Waals surface area contributed by atoms with Crippen LogP contribution < -0.4 is 0 Å². The number of aromatic nitrogens is 4. The predicted molar refractivity (Wildman–Crippen MR) is 96.2 cm³/mol. The van der Waals surface area contributed by atoms with E-state index in [1.165, 1.54) is 0 Å². The van der Waals surface area contributed by atoms with E-state index in [-0.39, 0.29) is 0 Å². The second-order valence-electron chi connectivity index (χ2n) is 5.72. The third-order valence-electron chi connectivity index (χ3n) is 4.16. The quantitative estimate of drug-likeness (QED) is 0.535. The first kappa shape index (κ1) is 15.1. The van der Waals surface area contributed by atoms with Crippen LogP contribution in [0.2, 0.25) is 0 Å². The van der Waals surface area contributed by atoms with E-state index in [9.17, 15) is 4.79 Å². The largest absolute Gasteiger partial charge is 0.298 e. The van der Waals surface area contributed by atoms with Crippen LogP contribution in [0.1, 0.15) is 16.1 Å². The molecule has 0 aliphatic heterocycles. The van der Waals surface area contributed by atoms with Crippen LogP contribution in [-0.4, -0.2) is 25.8 Å². The van der Waals surface area contributed by atoms with E-state index in [2.05, 4.69) is 10.2 Å². The van der Waals surface area contributed by atoms with Crippen molar-refractivity contribution in [2.24, 2.45) is 0 Å². The number of aldehydes is 1. The smallest absolute Gasteiger partial charge is 0.153 e. The summed E-state index contributed by atoms with van der Waals surface area (Å²) < 4.78 is 3.57. The maximum atomic E-state index is 11.6. The van der Waals surface area contributed by atoms with Gasteiger partial charge < -0.3 is 0 Å². The van der Waals surface area contributed by atoms with E-state index < -0.39 is 0 Å². The summed E-state index contributed by atoms with van der Waals surface area (Å²) in [4.78, 5) is 11.6. The van der Waals surface area contributed by atoms with E-state index in [0.29, 0.717) is 11.3 Å². The van der Waals surface area contributed by atoms with Gasteiger partial charge in [0.15, 0.2) is 6.29 Å². The van der Waals surface area contributed by atoms with Crippen molar-refractivity contribution < 1.29 is 4.79 Å². The first-order chi connectivity index (χ1) is 12.3. The van der Waals surface area contributed by atoms with Gasteiger partial charge in [0.25, 0.3) is 0 Å². The number of benzene rings is 2. The number of carbonyl (C=O) groups is 1. The molecule has 4 rings (SSSR count). The average Bonchev–Trinajstić information content (AvgIpc) is 3.26. The van der Waals surface area contributed by atoms with Crippen LogP contribution in [0.4, 0.5) is 0 Å². The zero-order chi connectivity index (χ0) is 17.2. The van der Waals surface area contributed by atoms with Crippen LogP contribution in [0, 0.1) is 6.92 Å². The van der Waals surface area contributed by atoms with Crippen molar-refractivity contribution in [3.63, 3.8) is 0 Å². The molecule has 0 spiro atoms. The molecule has 0 bridgehead atoms. The van der Waals surface area contributed by atoms with Crippen LogP contribution in [0.3, 0.4) is 0 Å². The lowest BCUT2D eigenvalue weighted by molar-refractivity contribution is 0.112. The summed E-state index contributed by atoms with van der Waals surface area (Å²) in [5.41, 5.74) is 4.85. The van der Waals surface area contributed by atoms with E-state index in [1.54, 1.807) is 17.1 Å². The first-order valence-electron chi connectivity index (χ1n) is 7.98. The molecule has 0 saturated carbocycles. The highest BCUT2D eigenvalue weighted by molar-refractivity contribution is 5.86. The maximum absolute atomic E-state index is 11.6. The summed E-state index contributed by atoms with van der Waals surface area (Å²) in [6.45, 7) is 1.98. The standard InChI is InChI=1S/C20H16N4O/c1-15-19(12-21-24(15)18-10-6-3-7-11-18)20-16(14-25)13-23(22-20)17-8-4-2-5-9-17/h2-14H,1H3. The van der Waals surface area contributed by atoms with Crippen molar-refractivity contribution in [3.8, 4) is 22.6 Å². The lowest BCUT2D eigenvalue weighted by Crippen LogP contribution is -1.99. The number of hydrogen-bond acceptors (Lipinski definition) is 3. The number of hydrogen-bond donors (Lipinski definition) is 0. The minimum atomic E-state index is 0.541. The van der Waals surface area contributed by atoms with Gasteiger partial charge in [-0.15, -0.1) is 0 Å². The monoisotopic (exact) mass is 328 g/mol. The number of para-hydroxylation sites is 2. The van der Waals surface area contributed by atoms with Crippen molar-refractivity contribution in [1.29, 1.82) is 0 Å². The van der Waals surface area contributed by atoms with Gasteiger partial charge in [-0.05, 0) is 31.2 Å². The number of nitrogens with zero attached hydrogens (tertiary/aromatic N) is 4. The molecule has 0 aliphatic carbocycles. The average molecular weight is 328 g/mol. The van der Waals surface area contributed by atoms with Crippen LogP contribution in [0.25, 0.3) is 22.6 Å². The Bertz CT molecular complexity index is 1020. The predicted octanol–water partition coefficient (Wildman–Crippen LogP) is 3.85. The fourth-order valence-corrected chi connectivity index (χ4v) is 2.87. The second-order valence-corrected chi connectivity index (χ2v) is 5.72. The minimum Gasteiger partial charge on any atom is -0.298 e. The third kappa shape index (κ3) is 2.65. The van der Waals surface area contributed by atoms with Crippen molar-refractivity contribution in [1.82, 2.24) is 19.6 Å². The highest BCUT2D eigenvalue weighted by Crippen LogP contribution is 2.27. The fourth-order valence-electron chi connectivity index (χ4n) is 2.87. The molecule has 0 fully saturated rings. The van der Waals surface area contributed by atoms with Crippen molar-refractivity contribution in [2.45, 2.75) is 6.92 Å². The summed E-state index contributed by atoms with van der Waals surface area (Å²) in [5, 5.41) is 9.09. The molecule has 25 heavy (non-hydrogen) atoms. The molecule has 2 heterocycles. The van der Waals surface area contributed by atoms with Gasteiger partial charge in [0.1, 0.15) is 5.69 Å². The molecule has 0 saturated heterocycles. The molecule has 2 aromatic carbocycles. The van der Waals surface area contributed by atoms with Gasteiger partial charge in [0.05, 0.1) is 28.8 Å². The maximum Gasteiger partial charge on any atom is 0.153 e. The molecule has 0 radical (unpaired) electrons. The second kappa shape index (κ2) is 6.20. The third-order valence-corrected chi connectivity index (χ3v) is 4.16. The van der Waals surface area contributed by atoms with Crippen LogP contribution in [-0.2, 0) is 0 Å². The van der Waals surface area contributed by atoms with Gasteiger partial charge in [-0.2, -0.15) is 10.2 Å². The summed E-state index contributed by atoms with van der Waals surface area (Å²) >= 11 is 0. The first-order valence-corrected chi connectivity index (χ1v) is 7.98. The van der Waals surface area contributed by atoms with Crippen LogP contribution in [0.5, 0.6) is 0 Å². The Balaban J connectivity index is 1.82. The normalized spacial score (nSPS) is 10.8. The van der Waals surface area contributed by atoms with E-state index in [0.717, 1.165) is 28.9 Å². The molecule has 2 aromatic heterocycles. The summed E-state index contributed by atoms with van der Waals surface area (Å²) in [6, 6.07) is 19.6. The minimum absolute atomic E-state index is 0.541. The van der Waals surface area contributed by atoms with E-state index in [1.807, 2.05) is 72.3 Å². The molecule has 0 N–H and O–H groups in total. The summed E-state index contributed by atoms with van der Waals surface area (Å²) in [6.07, 6.45) is 4.34. The summed E-state index contributed by atoms with van der Waals surface area (Å²) in [5.74, 6) is 0. The molecule has 122 valence electrons. The van der Waals surface area contributed by atoms with E-state index in [4.69, 9.17) is 0 Å². The highest BCUT2D eigenvalue weighted by atomic mass is 16.1. The zero-order valence-corrected chi connectivity index (χ0v) is 13.7. The summed E-state index contributed by atoms with van der Waals surface area (Å²) in [7, 11) is 0. The number of carbonyl (C=O) groups excluding carboxylic acids is 1. The molecular weight excluding hydrogens is 312 g/mol. The molecule has 0 unspecified atom stereocenters. The Kier molecular flexibility index (Phi) is 3.74. The Labute approximate surface area is 145 Å². The molecule has 5 heteroatoms. The Hall–Kier alpha value is -3.47. The van der Waals surface area contributed by atoms with Gasteiger partial charge >= 0.3 is 0 Å². The molecule has 0 atom stereocenters. The van der Waals surface area contributed by atoms with Gasteiger partial charge in [-0.3, -0.25) is 4.79 Å². The number of rotatable bonds is 4. The molecule has 0 amide bonds. The van der Waals surface area contributed by atoms with Crippen molar-refractivity contribution in [3.05, 3.63) is 84.3 Å². The Morgan fingerprint density at radius 1 is 0.920 bits per heavy atom. The van der Waals surface area contributed by atoms with E-state index >= 15 is 0 Å². The highest BCUT2D eigenvalue weighted by Gasteiger charge is 2.17. The Morgan fingerprint density at radius 2 is 1.56 bits per heavy atom. The van der Waals surface area contributed by atoms with Crippen LogP contribution in [0.15, 0.2) is 73.1 Å². The van der Waals surface area contributed by atoms with Crippen molar-refractivity contribution >= 4 is 6.29 Å². The molecular formula is C20H16N4O. The topological polar surface area (TPSA) is 52.7 Å². The molecule has 0 aliphatic rings. The van der Waals surface area contributed by atoms with Crippen molar-refractivity contribution in [2.75, 3.05) is 0 Å². The van der Waals surface area contributed by atoms with Gasteiger partial charge in [0.2, 0.25) is 0 Å².